The van der Waals surface area contributed by atoms with E-state index in [-0.39, 0.29) is 24.4 Å². The van der Waals surface area contributed by atoms with E-state index in [1.807, 2.05) is 0 Å². The number of aliphatic hydroxyl groups excluding tert-OH is 4. The molecular formula is C28H25ClF2O7. The van der Waals surface area contributed by atoms with Gasteiger partial charge in [0.25, 0.3) is 0 Å². The third kappa shape index (κ3) is 5.26. The fraction of sp³-hybridized carbons (Fsp3) is 0.286. The molecule has 4 N–H and O–H groups in total. The van der Waals surface area contributed by atoms with E-state index in [0.29, 0.717) is 32.9 Å². The Hall–Kier alpha value is -3.05. The number of rotatable bonds is 7. The van der Waals surface area contributed by atoms with Crippen molar-refractivity contribution in [1.29, 1.82) is 0 Å². The second-order valence-electron chi connectivity index (χ2n) is 9.20. The van der Waals surface area contributed by atoms with Gasteiger partial charge in [-0.2, -0.15) is 0 Å². The molecule has 0 saturated carbocycles. The highest BCUT2D eigenvalue weighted by atomic mass is 35.5. The van der Waals surface area contributed by atoms with Crippen LogP contribution in [0, 0.1) is 11.6 Å². The van der Waals surface area contributed by atoms with Crippen molar-refractivity contribution in [1.82, 2.24) is 0 Å². The molecule has 0 radical (unpaired) electrons. The van der Waals surface area contributed by atoms with Crippen LogP contribution in [-0.2, 0) is 17.8 Å². The molecule has 0 spiro atoms. The van der Waals surface area contributed by atoms with E-state index in [2.05, 4.69) is 0 Å². The predicted molar refractivity (Wildman–Crippen MR) is 134 cm³/mol. The molecule has 2 heterocycles. The molecular weight excluding hydrogens is 522 g/mol. The molecule has 0 amide bonds. The lowest BCUT2D eigenvalue weighted by atomic mass is 9.90. The summed E-state index contributed by atoms with van der Waals surface area (Å²) >= 11 is 6.37. The third-order valence-corrected chi connectivity index (χ3v) is 6.97. The summed E-state index contributed by atoms with van der Waals surface area (Å²) in [5.74, 6) is -0.745. The number of hydrogen-bond acceptors (Lipinski definition) is 7. The number of furan rings is 1. The Kier molecular flexibility index (Phi) is 7.67. The molecule has 5 atom stereocenters. The standard InChI is InChI=1S/C28H25ClF2O7/c29-19-6-5-16(28-26(35)25(34)24(33)23(12-32)38-28)10-17(19)8-14-4-7-22(21(31)9-14)36-13-18-11-15-2-1-3-20(30)27(15)37-18/h1-7,9-11,23-26,28,32-35H,8,12-13H2/t23-,24-,25+,26-,28+/m1/s1. The largest absolute Gasteiger partial charge is 0.483 e. The average Bonchev–Trinajstić information content (AvgIpc) is 3.33. The number of aliphatic hydroxyl groups is 4. The first-order chi connectivity index (χ1) is 18.2. The van der Waals surface area contributed by atoms with Crippen molar-refractivity contribution < 1.29 is 43.1 Å². The maximum Gasteiger partial charge on any atom is 0.170 e. The third-order valence-electron chi connectivity index (χ3n) is 6.60. The van der Waals surface area contributed by atoms with Gasteiger partial charge in [-0.25, -0.2) is 8.78 Å². The monoisotopic (exact) mass is 546 g/mol. The molecule has 0 aliphatic carbocycles. The lowest BCUT2D eigenvalue weighted by Gasteiger charge is -2.40. The van der Waals surface area contributed by atoms with Gasteiger partial charge in [0.2, 0.25) is 0 Å². The van der Waals surface area contributed by atoms with Crippen molar-refractivity contribution >= 4 is 22.6 Å². The summed E-state index contributed by atoms with van der Waals surface area (Å²) in [5, 5.41) is 41.0. The summed E-state index contributed by atoms with van der Waals surface area (Å²) in [6.07, 6.45) is -6.22. The van der Waals surface area contributed by atoms with Crippen LogP contribution in [0.5, 0.6) is 5.75 Å². The van der Waals surface area contributed by atoms with E-state index >= 15 is 0 Å². The molecule has 1 aliphatic heterocycles. The zero-order chi connectivity index (χ0) is 27.0. The van der Waals surface area contributed by atoms with Gasteiger partial charge < -0.3 is 34.3 Å². The van der Waals surface area contributed by atoms with Crippen LogP contribution in [-0.4, -0.2) is 51.4 Å². The first-order valence-corrected chi connectivity index (χ1v) is 12.3. The van der Waals surface area contributed by atoms with Crippen LogP contribution < -0.4 is 4.74 Å². The Morgan fingerprint density at radius 2 is 1.71 bits per heavy atom. The first-order valence-electron chi connectivity index (χ1n) is 11.9. The van der Waals surface area contributed by atoms with Crippen molar-refractivity contribution in [3.05, 3.63) is 99.8 Å². The van der Waals surface area contributed by atoms with Crippen LogP contribution in [0.1, 0.15) is 28.6 Å². The normalized spacial score (nSPS) is 23.6. The minimum atomic E-state index is -1.51. The minimum Gasteiger partial charge on any atom is -0.483 e. The molecule has 200 valence electrons. The van der Waals surface area contributed by atoms with Gasteiger partial charge >= 0.3 is 0 Å². The van der Waals surface area contributed by atoms with Gasteiger partial charge in [0.15, 0.2) is 23.0 Å². The number of fused-ring (bicyclic) bond motifs is 1. The molecule has 5 rings (SSSR count). The molecule has 1 fully saturated rings. The maximum absolute atomic E-state index is 14.8. The second kappa shape index (κ2) is 11.0. The Labute approximate surface area is 221 Å². The molecule has 7 nitrogen and oxygen atoms in total. The quantitative estimate of drug-likeness (QED) is 0.277. The van der Waals surface area contributed by atoms with E-state index in [1.54, 1.807) is 42.5 Å². The number of para-hydroxylation sites is 1. The predicted octanol–water partition coefficient (Wildman–Crippen LogP) is 4.05. The molecule has 38 heavy (non-hydrogen) atoms. The summed E-state index contributed by atoms with van der Waals surface area (Å²) in [5.41, 5.74) is 1.79. The molecule has 10 heteroatoms. The second-order valence-corrected chi connectivity index (χ2v) is 9.61. The summed E-state index contributed by atoms with van der Waals surface area (Å²) in [4.78, 5) is 0. The van der Waals surface area contributed by atoms with Gasteiger partial charge in [-0.1, -0.05) is 41.9 Å². The topological polar surface area (TPSA) is 113 Å². The van der Waals surface area contributed by atoms with E-state index in [4.69, 9.17) is 25.5 Å². The Bertz CT molecular complexity index is 1440. The van der Waals surface area contributed by atoms with Crippen LogP contribution in [0.2, 0.25) is 5.02 Å². The maximum atomic E-state index is 14.8. The number of hydrogen-bond donors (Lipinski definition) is 4. The Balaban J connectivity index is 1.30. The minimum absolute atomic E-state index is 0.00385. The number of benzene rings is 3. The van der Waals surface area contributed by atoms with Gasteiger partial charge in [0, 0.05) is 10.4 Å². The van der Waals surface area contributed by atoms with E-state index in [9.17, 15) is 29.2 Å². The highest BCUT2D eigenvalue weighted by molar-refractivity contribution is 6.31. The van der Waals surface area contributed by atoms with Crippen LogP contribution in [0.3, 0.4) is 0 Å². The lowest BCUT2D eigenvalue weighted by Crippen LogP contribution is -2.55. The van der Waals surface area contributed by atoms with Crippen molar-refractivity contribution in [2.45, 2.75) is 43.5 Å². The van der Waals surface area contributed by atoms with E-state index < -0.39 is 48.8 Å². The van der Waals surface area contributed by atoms with Gasteiger partial charge in [-0.15, -0.1) is 0 Å². The van der Waals surface area contributed by atoms with Crippen molar-refractivity contribution in [2.24, 2.45) is 0 Å². The smallest absolute Gasteiger partial charge is 0.170 e. The van der Waals surface area contributed by atoms with Gasteiger partial charge in [-0.3, -0.25) is 0 Å². The summed E-state index contributed by atoms with van der Waals surface area (Å²) < 4.78 is 45.3. The first kappa shape index (κ1) is 26.6. The molecule has 1 aliphatic rings. The number of ether oxygens (including phenoxy) is 2. The summed E-state index contributed by atoms with van der Waals surface area (Å²) in [6, 6.07) is 15.5. The highest BCUT2D eigenvalue weighted by Gasteiger charge is 2.44. The van der Waals surface area contributed by atoms with Crippen LogP contribution in [0.4, 0.5) is 8.78 Å². The average molecular weight is 547 g/mol. The number of halogens is 3. The van der Waals surface area contributed by atoms with Crippen LogP contribution in [0.15, 0.2) is 65.1 Å². The molecule has 1 aromatic heterocycles. The van der Waals surface area contributed by atoms with Gasteiger partial charge in [0.1, 0.15) is 42.9 Å². The molecule has 0 bridgehead atoms. The zero-order valence-corrected chi connectivity index (χ0v) is 20.7. The van der Waals surface area contributed by atoms with Crippen molar-refractivity contribution in [3.63, 3.8) is 0 Å². The van der Waals surface area contributed by atoms with Crippen LogP contribution >= 0.6 is 11.6 Å². The summed E-state index contributed by atoms with van der Waals surface area (Å²) in [6.45, 7) is -0.625. The Morgan fingerprint density at radius 3 is 2.45 bits per heavy atom. The Morgan fingerprint density at radius 1 is 0.895 bits per heavy atom. The van der Waals surface area contributed by atoms with Gasteiger partial charge in [0.05, 0.1) is 6.61 Å². The molecule has 4 aromatic rings. The van der Waals surface area contributed by atoms with Gasteiger partial charge in [-0.05, 0) is 53.4 Å². The van der Waals surface area contributed by atoms with E-state index in [1.165, 1.54) is 18.2 Å². The van der Waals surface area contributed by atoms with Crippen molar-refractivity contribution in [3.8, 4) is 5.75 Å². The fourth-order valence-electron chi connectivity index (χ4n) is 4.58. The molecule has 0 unspecified atom stereocenters. The van der Waals surface area contributed by atoms with Crippen molar-refractivity contribution in [2.75, 3.05) is 6.61 Å². The SMILES string of the molecule is OC[C@H]1O[C@@H](c2ccc(Cl)c(Cc3ccc(OCc4cc5cccc(F)c5o4)c(F)c3)c2)[C@H](O)[C@@H](O)[C@@H]1O. The molecule has 1 saturated heterocycles. The van der Waals surface area contributed by atoms with E-state index in [0.717, 1.165) is 0 Å². The zero-order valence-electron chi connectivity index (χ0n) is 19.9. The highest BCUT2D eigenvalue weighted by Crippen LogP contribution is 2.35. The van der Waals surface area contributed by atoms with Crippen LogP contribution in [0.25, 0.3) is 11.0 Å². The lowest BCUT2D eigenvalue weighted by molar-refractivity contribution is -0.231. The fourth-order valence-corrected chi connectivity index (χ4v) is 4.76. The summed E-state index contributed by atoms with van der Waals surface area (Å²) in [7, 11) is 0. The molecule has 3 aromatic carbocycles.